The molecule has 1 N–H and O–H groups in total. The van der Waals surface area contributed by atoms with Crippen LogP contribution in [0.15, 0.2) is 0 Å². The maximum Gasteiger partial charge on any atom is 0.237 e. The Hall–Kier alpha value is -0.650. The lowest BCUT2D eigenvalue weighted by molar-refractivity contribution is -0.193. The first-order valence-corrected chi connectivity index (χ1v) is 8.01. The molecular formula is C15H26N2O3. The number of piperidine rings is 1. The normalized spacial score (nSPS) is 28.9. The van der Waals surface area contributed by atoms with Crippen LogP contribution in [0.3, 0.4) is 0 Å². The Kier molecular flexibility index (Phi) is 4.29. The monoisotopic (exact) mass is 282 g/mol. The van der Waals surface area contributed by atoms with Crippen LogP contribution >= 0.6 is 0 Å². The van der Waals surface area contributed by atoms with E-state index in [0.29, 0.717) is 25.8 Å². The summed E-state index contributed by atoms with van der Waals surface area (Å²) < 4.78 is 11.6. The Labute approximate surface area is 121 Å². The van der Waals surface area contributed by atoms with Crippen molar-refractivity contribution in [2.24, 2.45) is 0 Å². The van der Waals surface area contributed by atoms with Crippen molar-refractivity contribution in [2.75, 3.05) is 26.3 Å². The van der Waals surface area contributed by atoms with Crippen molar-refractivity contribution in [3.8, 4) is 0 Å². The summed E-state index contributed by atoms with van der Waals surface area (Å²) in [6.07, 6.45) is 6.73. The standard InChI is InChI=1S/C15H26N2O3/c1-12(14(18)16-13-5-2-3-6-13)17-8-4-7-15(11-17)19-9-10-20-15/h12-13H,2-11H2,1H3,(H,16,18). The molecule has 0 aromatic heterocycles. The third-order valence-electron chi connectivity index (χ3n) is 4.89. The van der Waals surface area contributed by atoms with E-state index in [1.807, 2.05) is 6.92 Å². The molecule has 114 valence electrons. The molecule has 5 heteroatoms. The molecule has 3 fully saturated rings. The molecule has 5 nitrogen and oxygen atoms in total. The van der Waals surface area contributed by atoms with Gasteiger partial charge in [-0.2, -0.15) is 0 Å². The van der Waals surface area contributed by atoms with E-state index < -0.39 is 5.79 Å². The molecule has 20 heavy (non-hydrogen) atoms. The fourth-order valence-electron chi connectivity index (χ4n) is 3.64. The summed E-state index contributed by atoms with van der Waals surface area (Å²) in [4.78, 5) is 14.6. The largest absolute Gasteiger partial charge is 0.352 e. The molecular weight excluding hydrogens is 256 g/mol. The van der Waals surface area contributed by atoms with Gasteiger partial charge in [0.25, 0.3) is 0 Å². The summed E-state index contributed by atoms with van der Waals surface area (Å²) in [5.41, 5.74) is 0. The van der Waals surface area contributed by atoms with Gasteiger partial charge in [-0.25, -0.2) is 0 Å². The number of nitrogens with zero attached hydrogens (tertiary/aromatic N) is 1. The number of ether oxygens (including phenoxy) is 2. The number of nitrogens with one attached hydrogen (secondary N) is 1. The Balaban J connectivity index is 1.55. The number of rotatable bonds is 3. The quantitative estimate of drug-likeness (QED) is 0.847. The molecule has 2 heterocycles. The van der Waals surface area contributed by atoms with Crippen LogP contribution in [0.1, 0.15) is 45.4 Å². The first kappa shape index (κ1) is 14.3. The van der Waals surface area contributed by atoms with Crippen molar-refractivity contribution in [3.05, 3.63) is 0 Å². The van der Waals surface area contributed by atoms with Gasteiger partial charge in [0.15, 0.2) is 5.79 Å². The van der Waals surface area contributed by atoms with Gasteiger partial charge < -0.3 is 14.8 Å². The van der Waals surface area contributed by atoms with Gasteiger partial charge in [0.2, 0.25) is 5.91 Å². The second kappa shape index (κ2) is 6.00. The van der Waals surface area contributed by atoms with Gasteiger partial charge in [-0.15, -0.1) is 0 Å². The van der Waals surface area contributed by atoms with Crippen LogP contribution in [0, 0.1) is 0 Å². The fourth-order valence-corrected chi connectivity index (χ4v) is 3.64. The zero-order valence-electron chi connectivity index (χ0n) is 12.4. The van der Waals surface area contributed by atoms with Crippen molar-refractivity contribution in [1.29, 1.82) is 0 Å². The average molecular weight is 282 g/mol. The van der Waals surface area contributed by atoms with Crippen LogP contribution in [0.2, 0.25) is 0 Å². The summed E-state index contributed by atoms with van der Waals surface area (Å²) in [5.74, 6) is -0.285. The van der Waals surface area contributed by atoms with Crippen LogP contribution in [-0.2, 0) is 14.3 Å². The Morgan fingerprint density at radius 3 is 2.65 bits per heavy atom. The number of likely N-dealkylation sites (tertiary alicyclic amines) is 1. The fraction of sp³-hybridized carbons (Fsp3) is 0.933. The minimum Gasteiger partial charge on any atom is -0.352 e. The zero-order valence-corrected chi connectivity index (χ0v) is 12.4. The number of amides is 1. The van der Waals surface area contributed by atoms with E-state index in [-0.39, 0.29) is 11.9 Å². The minimum absolute atomic E-state index is 0.0967. The third kappa shape index (κ3) is 3.00. The molecule has 3 aliphatic rings. The van der Waals surface area contributed by atoms with E-state index in [4.69, 9.17) is 9.47 Å². The van der Waals surface area contributed by atoms with Gasteiger partial charge in [-0.05, 0) is 32.7 Å². The molecule has 2 aliphatic heterocycles. The summed E-state index contributed by atoms with van der Waals surface area (Å²) in [7, 11) is 0. The lowest BCUT2D eigenvalue weighted by Gasteiger charge is -2.41. The zero-order chi connectivity index (χ0) is 14.0. The van der Waals surface area contributed by atoms with Gasteiger partial charge in [0.05, 0.1) is 25.8 Å². The lowest BCUT2D eigenvalue weighted by atomic mass is 10.0. The van der Waals surface area contributed by atoms with Crippen LogP contribution < -0.4 is 5.32 Å². The molecule has 0 bridgehead atoms. The molecule has 0 radical (unpaired) electrons. The highest BCUT2D eigenvalue weighted by Gasteiger charge is 2.42. The van der Waals surface area contributed by atoms with Crippen LogP contribution in [0.4, 0.5) is 0 Å². The van der Waals surface area contributed by atoms with Crippen LogP contribution in [0.25, 0.3) is 0 Å². The van der Waals surface area contributed by atoms with E-state index >= 15 is 0 Å². The number of carbonyl (C=O) groups is 1. The molecule has 2 saturated heterocycles. The summed E-state index contributed by atoms with van der Waals surface area (Å²) >= 11 is 0. The molecule has 1 unspecified atom stereocenters. The van der Waals surface area contributed by atoms with Crippen molar-refractivity contribution >= 4 is 5.91 Å². The molecule has 1 spiro atoms. The number of hydrogen-bond donors (Lipinski definition) is 1. The van der Waals surface area contributed by atoms with Gasteiger partial charge in [0.1, 0.15) is 0 Å². The SMILES string of the molecule is CC(C(=O)NC1CCCC1)N1CCCC2(C1)OCCO2. The molecule has 1 aliphatic carbocycles. The summed E-state index contributed by atoms with van der Waals surface area (Å²) in [5, 5.41) is 3.19. The third-order valence-corrected chi connectivity index (χ3v) is 4.89. The Morgan fingerprint density at radius 1 is 1.25 bits per heavy atom. The van der Waals surface area contributed by atoms with E-state index in [0.717, 1.165) is 32.2 Å². The van der Waals surface area contributed by atoms with Crippen molar-refractivity contribution < 1.29 is 14.3 Å². The Morgan fingerprint density at radius 2 is 1.95 bits per heavy atom. The van der Waals surface area contributed by atoms with Crippen LogP contribution in [-0.4, -0.2) is 55.0 Å². The van der Waals surface area contributed by atoms with Crippen molar-refractivity contribution in [2.45, 2.75) is 63.3 Å². The molecule has 1 atom stereocenters. The summed E-state index contributed by atoms with van der Waals surface area (Å²) in [6, 6.07) is 0.295. The predicted molar refractivity (Wildman–Crippen MR) is 75.3 cm³/mol. The van der Waals surface area contributed by atoms with E-state index in [1.165, 1.54) is 12.8 Å². The molecule has 0 aromatic carbocycles. The van der Waals surface area contributed by atoms with E-state index in [1.54, 1.807) is 0 Å². The van der Waals surface area contributed by atoms with Gasteiger partial charge in [-0.1, -0.05) is 12.8 Å². The maximum absolute atomic E-state index is 12.4. The highest BCUT2D eigenvalue weighted by molar-refractivity contribution is 5.81. The van der Waals surface area contributed by atoms with Gasteiger partial charge in [-0.3, -0.25) is 9.69 Å². The lowest BCUT2D eigenvalue weighted by Crippen LogP contribution is -2.56. The molecule has 1 amide bonds. The first-order chi connectivity index (χ1) is 9.69. The average Bonchev–Trinajstić information content (AvgIpc) is 3.10. The topological polar surface area (TPSA) is 50.8 Å². The predicted octanol–water partition coefficient (Wildman–Crippen LogP) is 1.27. The molecule has 0 aromatic rings. The number of hydrogen-bond acceptors (Lipinski definition) is 4. The second-order valence-corrected chi connectivity index (χ2v) is 6.35. The van der Waals surface area contributed by atoms with Gasteiger partial charge >= 0.3 is 0 Å². The highest BCUT2D eigenvalue weighted by Crippen LogP contribution is 2.31. The maximum atomic E-state index is 12.4. The van der Waals surface area contributed by atoms with Gasteiger partial charge in [0, 0.05) is 12.5 Å². The van der Waals surface area contributed by atoms with E-state index in [2.05, 4.69) is 10.2 Å². The smallest absolute Gasteiger partial charge is 0.237 e. The minimum atomic E-state index is -0.444. The van der Waals surface area contributed by atoms with Crippen molar-refractivity contribution in [3.63, 3.8) is 0 Å². The van der Waals surface area contributed by atoms with Crippen molar-refractivity contribution in [1.82, 2.24) is 10.2 Å². The first-order valence-electron chi connectivity index (χ1n) is 8.01. The molecule has 1 saturated carbocycles. The second-order valence-electron chi connectivity index (χ2n) is 6.35. The Bertz CT molecular complexity index is 349. The van der Waals surface area contributed by atoms with E-state index in [9.17, 15) is 4.79 Å². The summed E-state index contributed by atoms with van der Waals surface area (Å²) in [6.45, 7) is 5.02. The van der Waals surface area contributed by atoms with Crippen LogP contribution in [0.5, 0.6) is 0 Å². The highest BCUT2D eigenvalue weighted by atomic mass is 16.7. The molecule has 3 rings (SSSR count). The number of carbonyl (C=O) groups excluding carboxylic acids is 1.